The maximum Gasteiger partial charge on any atom is 0.171 e. The van der Waals surface area contributed by atoms with Crippen molar-refractivity contribution in [1.29, 1.82) is 0 Å². The van der Waals surface area contributed by atoms with Crippen molar-refractivity contribution in [3.8, 4) is 0 Å². The van der Waals surface area contributed by atoms with Crippen molar-refractivity contribution < 1.29 is 5.11 Å². The minimum atomic E-state index is -0.00144. The largest absolute Gasteiger partial charge is 0.396 e. The summed E-state index contributed by atoms with van der Waals surface area (Å²) in [5.74, 6) is 0.612. The van der Waals surface area contributed by atoms with Crippen LogP contribution < -0.4 is 5.32 Å². The van der Waals surface area contributed by atoms with Gasteiger partial charge in [0.15, 0.2) is 11.0 Å². The van der Waals surface area contributed by atoms with Crippen molar-refractivity contribution in [1.82, 2.24) is 9.97 Å². The molecule has 96 valence electrons. The molecule has 0 aromatic carbocycles. The van der Waals surface area contributed by atoms with E-state index in [-0.39, 0.29) is 12.0 Å². The van der Waals surface area contributed by atoms with Crippen LogP contribution in [0, 0.1) is 19.3 Å². The fourth-order valence-corrected chi connectivity index (χ4v) is 1.64. The first-order chi connectivity index (χ1) is 7.85. The van der Waals surface area contributed by atoms with E-state index in [1.54, 1.807) is 0 Å². The highest BCUT2D eigenvalue weighted by Gasteiger charge is 2.18. The first-order valence-corrected chi connectivity index (χ1v) is 6.09. The molecular weight excluding hydrogens is 238 g/mol. The van der Waals surface area contributed by atoms with Crippen molar-refractivity contribution in [2.75, 3.05) is 18.5 Å². The van der Waals surface area contributed by atoms with Crippen molar-refractivity contribution in [3.63, 3.8) is 0 Å². The molecule has 0 aliphatic heterocycles. The highest BCUT2D eigenvalue weighted by atomic mass is 35.5. The number of aliphatic hydroxyl groups excluding tert-OH is 1. The predicted molar refractivity (Wildman–Crippen MR) is 70.5 cm³/mol. The molecule has 5 heteroatoms. The molecule has 4 nitrogen and oxygen atoms in total. The summed E-state index contributed by atoms with van der Waals surface area (Å²) >= 11 is 6.02. The van der Waals surface area contributed by atoms with Crippen LogP contribution in [0.25, 0.3) is 0 Å². The van der Waals surface area contributed by atoms with E-state index < -0.39 is 0 Å². The van der Waals surface area contributed by atoms with E-state index in [2.05, 4.69) is 29.1 Å². The first-order valence-electron chi connectivity index (χ1n) is 5.71. The second-order valence-electron chi connectivity index (χ2n) is 5.03. The SMILES string of the molecule is Cc1nc(Cl)c(NCC(C)(C)CCO)nc1C. The van der Waals surface area contributed by atoms with Gasteiger partial charge < -0.3 is 10.4 Å². The van der Waals surface area contributed by atoms with Crippen LogP contribution in [0.3, 0.4) is 0 Å². The molecule has 0 aliphatic rings. The number of rotatable bonds is 5. The third kappa shape index (κ3) is 4.13. The summed E-state index contributed by atoms with van der Waals surface area (Å²) in [5.41, 5.74) is 1.71. The van der Waals surface area contributed by atoms with E-state index in [1.165, 1.54) is 0 Å². The first kappa shape index (κ1) is 14.2. The molecule has 0 bridgehead atoms. The van der Waals surface area contributed by atoms with Crippen LogP contribution >= 0.6 is 11.6 Å². The summed E-state index contributed by atoms with van der Waals surface area (Å²) in [5, 5.41) is 12.5. The monoisotopic (exact) mass is 257 g/mol. The number of halogens is 1. The van der Waals surface area contributed by atoms with Crippen LogP contribution in [0.1, 0.15) is 31.7 Å². The third-order valence-corrected chi connectivity index (χ3v) is 3.05. The Balaban J connectivity index is 2.73. The second kappa shape index (κ2) is 5.65. The number of anilines is 1. The topological polar surface area (TPSA) is 58.0 Å². The molecule has 0 atom stereocenters. The summed E-state index contributed by atoms with van der Waals surface area (Å²) in [6.45, 7) is 8.83. The van der Waals surface area contributed by atoms with Crippen molar-refractivity contribution >= 4 is 17.4 Å². The predicted octanol–water partition coefficient (Wildman–Crippen LogP) is 2.57. The second-order valence-corrected chi connectivity index (χ2v) is 5.38. The Kier molecular flexibility index (Phi) is 4.71. The third-order valence-electron chi connectivity index (χ3n) is 2.79. The zero-order chi connectivity index (χ0) is 13.1. The van der Waals surface area contributed by atoms with Crippen LogP contribution in [-0.4, -0.2) is 28.2 Å². The van der Waals surface area contributed by atoms with Gasteiger partial charge in [0, 0.05) is 13.2 Å². The fraction of sp³-hybridized carbons (Fsp3) is 0.667. The fourth-order valence-electron chi connectivity index (χ4n) is 1.40. The van der Waals surface area contributed by atoms with Gasteiger partial charge in [-0.1, -0.05) is 25.4 Å². The summed E-state index contributed by atoms with van der Waals surface area (Å²) in [7, 11) is 0. The molecule has 0 fully saturated rings. The molecule has 0 saturated heterocycles. The Morgan fingerprint density at radius 1 is 1.24 bits per heavy atom. The van der Waals surface area contributed by atoms with Crippen LogP contribution in [-0.2, 0) is 0 Å². The van der Waals surface area contributed by atoms with E-state index in [0.717, 1.165) is 17.8 Å². The maximum absolute atomic E-state index is 8.95. The lowest BCUT2D eigenvalue weighted by molar-refractivity contribution is 0.220. The molecule has 2 N–H and O–H groups in total. The van der Waals surface area contributed by atoms with Gasteiger partial charge in [0.1, 0.15) is 0 Å². The van der Waals surface area contributed by atoms with Gasteiger partial charge in [-0.25, -0.2) is 9.97 Å². The molecule has 17 heavy (non-hydrogen) atoms. The van der Waals surface area contributed by atoms with E-state index in [1.807, 2.05) is 13.8 Å². The minimum absolute atomic E-state index is 0.00144. The molecule has 0 aliphatic carbocycles. The number of nitrogens with one attached hydrogen (secondary N) is 1. The zero-order valence-corrected chi connectivity index (χ0v) is 11.6. The number of hydrogen-bond donors (Lipinski definition) is 2. The molecule has 1 aromatic rings. The maximum atomic E-state index is 8.95. The van der Waals surface area contributed by atoms with Crippen molar-refractivity contribution in [3.05, 3.63) is 16.5 Å². The van der Waals surface area contributed by atoms with Crippen molar-refractivity contribution in [2.45, 2.75) is 34.1 Å². The quantitative estimate of drug-likeness (QED) is 0.851. The van der Waals surface area contributed by atoms with Gasteiger partial charge >= 0.3 is 0 Å². The van der Waals surface area contributed by atoms with Crippen LogP contribution in [0.2, 0.25) is 5.15 Å². The molecule has 0 amide bonds. The minimum Gasteiger partial charge on any atom is -0.396 e. The van der Waals surface area contributed by atoms with Gasteiger partial charge in [0.2, 0.25) is 0 Å². The Labute approximate surface area is 107 Å². The molecule has 0 spiro atoms. The molecule has 1 rings (SSSR count). The summed E-state index contributed by atoms with van der Waals surface area (Å²) < 4.78 is 0. The van der Waals surface area contributed by atoms with Gasteiger partial charge in [0.25, 0.3) is 0 Å². The highest BCUT2D eigenvalue weighted by Crippen LogP contribution is 2.23. The smallest absolute Gasteiger partial charge is 0.171 e. The van der Waals surface area contributed by atoms with Crippen LogP contribution in [0.4, 0.5) is 5.82 Å². The number of aliphatic hydroxyl groups is 1. The van der Waals surface area contributed by atoms with Gasteiger partial charge in [-0.2, -0.15) is 0 Å². The van der Waals surface area contributed by atoms with E-state index in [9.17, 15) is 0 Å². The number of nitrogens with zero attached hydrogens (tertiary/aromatic N) is 2. The Morgan fingerprint density at radius 2 is 1.82 bits per heavy atom. The standard InChI is InChI=1S/C12H20ClN3O/c1-8-9(2)16-11(10(13)15-8)14-7-12(3,4)5-6-17/h17H,5-7H2,1-4H3,(H,14,16). The number of hydrogen-bond acceptors (Lipinski definition) is 4. The summed E-state index contributed by atoms with van der Waals surface area (Å²) in [4.78, 5) is 8.58. The molecule has 0 unspecified atom stereocenters. The average Bonchev–Trinajstić information content (AvgIpc) is 2.21. The lowest BCUT2D eigenvalue weighted by Gasteiger charge is -2.24. The number of aromatic nitrogens is 2. The lowest BCUT2D eigenvalue weighted by Crippen LogP contribution is -2.25. The van der Waals surface area contributed by atoms with Crippen LogP contribution in [0.5, 0.6) is 0 Å². The zero-order valence-electron chi connectivity index (χ0n) is 10.8. The average molecular weight is 258 g/mol. The molecule has 0 radical (unpaired) electrons. The summed E-state index contributed by atoms with van der Waals surface area (Å²) in [6, 6.07) is 0. The van der Waals surface area contributed by atoms with E-state index in [4.69, 9.17) is 16.7 Å². The Bertz CT molecular complexity index is 394. The highest BCUT2D eigenvalue weighted by molar-refractivity contribution is 6.31. The Hall–Kier alpha value is -0.870. The molecule has 1 heterocycles. The van der Waals surface area contributed by atoms with Crippen molar-refractivity contribution in [2.24, 2.45) is 5.41 Å². The molecule has 0 saturated carbocycles. The normalized spacial score (nSPS) is 11.6. The summed E-state index contributed by atoms with van der Waals surface area (Å²) in [6.07, 6.45) is 0.732. The van der Waals surface area contributed by atoms with Gasteiger partial charge in [-0.15, -0.1) is 0 Å². The Morgan fingerprint density at radius 3 is 2.41 bits per heavy atom. The van der Waals surface area contributed by atoms with Gasteiger partial charge in [-0.05, 0) is 25.7 Å². The van der Waals surface area contributed by atoms with E-state index >= 15 is 0 Å². The van der Waals surface area contributed by atoms with Gasteiger partial charge in [0.05, 0.1) is 11.4 Å². The molecule has 1 aromatic heterocycles. The lowest BCUT2D eigenvalue weighted by atomic mass is 9.90. The molecular formula is C12H20ClN3O. The van der Waals surface area contributed by atoms with Crippen LogP contribution in [0.15, 0.2) is 0 Å². The van der Waals surface area contributed by atoms with E-state index in [0.29, 0.717) is 17.5 Å². The van der Waals surface area contributed by atoms with Gasteiger partial charge in [-0.3, -0.25) is 0 Å². The number of aryl methyl sites for hydroxylation is 2.